The van der Waals surface area contributed by atoms with Crippen molar-refractivity contribution in [1.29, 1.82) is 0 Å². The average molecular weight is 165 g/mol. The van der Waals surface area contributed by atoms with Gasteiger partial charge in [-0.15, -0.1) is 0 Å². The standard InChI is InChI=1S/C9H15N3/c1-4-7-5-11-9(6(2)3)12-8(7)10/h5-6H,4H2,1-3H3,(H2,10,11,12). The smallest absolute Gasteiger partial charge is 0.133 e. The molecule has 0 saturated carbocycles. The molecule has 66 valence electrons. The molecule has 0 fully saturated rings. The molecule has 0 aliphatic heterocycles. The fraction of sp³-hybridized carbons (Fsp3) is 0.556. The van der Waals surface area contributed by atoms with Crippen molar-refractivity contribution in [3.05, 3.63) is 17.6 Å². The predicted molar refractivity (Wildman–Crippen MR) is 49.9 cm³/mol. The molecular formula is C9H15N3. The first kappa shape index (κ1) is 8.97. The van der Waals surface area contributed by atoms with Crippen LogP contribution in [0, 0.1) is 0 Å². The van der Waals surface area contributed by atoms with Crippen molar-refractivity contribution in [3.8, 4) is 0 Å². The maximum atomic E-state index is 5.72. The van der Waals surface area contributed by atoms with Crippen LogP contribution in [-0.2, 0) is 6.42 Å². The van der Waals surface area contributed by atoms with Crippen molar-refractivity contribution in [2.24, 2.45) is 0 Å². The number of anilines is 1. The Morgan fingerprint density at radius 2 is 2.17 bits per heavy atom. The van der Waals surface area contributed by atoms with Gasteiger partial charge in [0.05, 0.1) is 0 Å². The number of nitrogens with zero attached hydrogens (tertiary/aromatic N) is 2. The highest BCUT2D eigenvalue weighted by Crippen LogP contribution is 2.13. The number of rotatable bonds is 2. The second-order valence-electron chi connectivity index (χ2n) is 3.15. The van der Waals surface area contributed by atoms with Crippen molar-refractivity contribution in [2.45, 2.75) is 33.1 Å². The van der Waals surface area contributed by atoms with Gasteiger partial charge >= 0.3 is 0 Å². The molecule has 1 aromatic heterocycles. The molecule has 0 radical (unpaired) electrons. The largest absolute Gasteiger partial charge is 0.383 e. The Bertz CT molecular complexity index is 268. The van der Waals surface area contributed by atoms with E-state index in [-0.39, 0.29) is 0 Å². The molecule has 0 aromatic carbocycles. The van der Waals surface area contributed by atoms with Gasteiger partial charge in [0.2, 0.25) is 0 Å². The first-order valence-electron chi connectivity index (χ1n) is 4.26. The Labute approximate surface area is 73.0 Å². The first-order valence-corrected chi connectivity index (χ1v) is 4.26. The summed E-state index contributed by atoms with van der Waals surface area (Å²) in [5, 5.41) is 0. The second-order valence-corrected chi connectivity index (χ2v) is 3.15. The van der Waals surface area contributed by atoms with E-state index < -0.39 is 0 Å². The first-order chi connectivity index (χ1) is 5.65. The van der Waals surface area contributed by atoms with Gasteiger partial charge in [0.25, 0.3) is 0 Å². The highest BCUT2D eigenvalue weighted by molar-refractivity contribution is 5.37. The molecule has 1 aromatic rings. The zero-order valence-electron chi connectivity index (χ0n) is 7.83. The third-order valence-corrected chi connectivity index (χ3v) is 1.81. The van der Waals surface area contributed by atoms with E-state index in [1.165, 1.54) is 0 Å². The molecule has 0 unspecified atom stereocenters. The van der Waals surface area contributed by atoms with Gasteiger partial charge in [-0.3, -0.25) is 0 Å². The van der Waals surface area contributed by atoms with E-state index in [1.54, 1.807) is 0 Å². The molecule has 0 atom stereocenters. The van der Waals surface area contributed by atoms with Crippen molar-refractivity contribution >= 4 is 5.82 Å². The van der Waals surface area contributed by atoms with E-state index in [9.17, 15) is 0 Å². The van der Waals surface area contributed by atoms with E-state index >= 15 is 0 Å². The molecule has 0 aliphatic carbocycles. The summed E-state index contributed by atoms with van der Waals surface area (Å²) in [4.78, 5) is 8.43. The lowest BCUT2D eigenvalue weighted by Crippen LogP contribution is -2.04. The summed E-state index contributed by atoms with van der Waals surface area (Å²) in [6.45, 7) is 6.16. The highest BCUT2D eigenvalue weighted by Gasteiger charge is 2.05. The molecule has 2 N–H and O–H groups in total. The van der Waals surface area contributed by atoms with Crippen LogP contribution in [0.1, 0.15) is 38.1 Å². The highest BCUT2D eigenvalue weighted by atomic mass is 14.9. The molecule has 1 heterocycles. The van der Waals surface area contributed by atoms with E-state index in [1.807, 2.05) is 13.1 Å². The van der Waals surface area contributed by atoms with Crippen LogP contribution in [0.5, 0.6) is 0 Å². The molecule has 3 nitrogen and oxygen atoms in total. The Morgan fingerprint density at radius 3 is 2.58 bits per heavy atom. The Morgan fingerprint density at radius 1 is 1.50 bits per heavy atom. The van der Waals surface area contributed by atoms with Crippen molar-refractivity contribution in [1.82, 2.24) is 9.97 Å². The minimum atomic E-state index is 0.346. The number of nitrogens with two attached hydrogens (primary N) is 1. The lowest BCUT2D eigenvalue weighted by Gasteiger charge is -2.06. The van der Waals surface area contributed by atoms with Crippen LogP contribution in [-0.4, -0.2) is 9.97 Å². The van der Waals surface area contributed by atoms with E-state index in [0.29, 0.717) is 11.7 Å². The number of aryl methyl sites for hydroxylation is 1. The van der Waals surface area contributed by atoms with Gasteiger partial charge in [0.15, 0.2) is 0 Å². The molecular weight excluding hydrogens is 150 g/mol. The molecule has 0 aliphatic rings. The Balaban J connectivity index is 3.02. The fourth-order valence-electron chi connectivity index (χ4n) is 0.985. The van der Waals surface area contributed by atoms with Gasteiger partial charge < -0.3 is 5.73 Å². The Kier molecular flexibility index (Phi) is 2.63. The van der Waals surface area contributed by atoms with E-state index in [2.05, 4.69) is 23.8 Å². The fourth-order valence-corrected chi connectivity index (χ4v) is 0.985. The molecule has 3 heteroatoms. The molecule has 0 bridgehead atoms. The normalized spacial score (nSPS) is 10.7. The van der Waals surface area contributed by atoms with E-state index in [0.717, 1.165) is 17.8 Å². The second kappa shape index (κ2) is 3.52. The van der Waals surface area contributed by atoms with Gasteiger partial charge in [-0.2, -0.15) is 0 Å². The topological polar surface area (TPSA) is 51.8 Å². The summed E-state index contributed by atoms with van der Waals surface area (Å²) in [6.07, 6.45) is 2.71. The van der Waals surface area contributed by atoms with Crippen LogP contribution >= 0.6 is 0 Å². The van der Waals surface area contributed by atoms with Crippen molar-refractivity contribution in [2.75, 3.05) is 5.73 Å². The summed E-state index contributed by atoms with van der Waals surface area (Å²) in [5.41, 5.74) is 6.75. The number of aromatic nitrogens is 2. The lowest BCUT2D eigenvalue weighted by molar-refractivity contribution is 0.771. The summed E-state index contributed by atoms with van der Waals surface area (Å²) in [5.74, 6) is 1.79. The van der Waals surface area contributed by atoms with Gasteiger partial charge in [0, 0.05) is 17.7 Å². The average Bonchev–Trinajstić information content (AvgIpc) is 2.04. The van der Waals surface area contributed by atoms with Crippen molar-refractivity contribution < 1.29 is 0 Å². The molecule has 0 saturated heterocycles. The van der Waals surface area contributed by atoms with E-state index in [4.69, 9.17) is 5.73 Å². The monoisotopic (exact) mass is 165 g/mol. The van der Waals surface area contributed by atoms with Gasteiger partial charge in [-0.05, 0) is 6.42 Å². The maximum Gasteiger partial charge on any atom is 0.133 e. The zero-order valence-corrected chi connectivity index (χ0v) is 7.83. The van der Waals surface area contributed by atoms with Gasteiger partial charge in [0.1, 0.15) is 11.6 Å². The van der Waals surface area contributed by atoms with Gasteiger partial charge in [-0.25, -0.2) is 9.97 Å². The lowest BCUT2D eigenvalue weighted by atomic mass is 10.2. The molecule has 0 spiro atoms. The summed E-state index contributed by atoms with van der Waals surface area (Å²) < 4.78 is 0. The molecule has 1 rings (SSSR count). The van der Waals surface area contributed by atoms with Crippen LogP contribution in [0.2, 0.25) is 0 Å². The summed E-state index contributed by atoms with van der Waals surface area (Å²) in [6, 6.07) is 0. The van der Waals surface area contributed by atoms with Crippen LogP contribution in [0.3, 0.4) is 0 Å². The quantitative estimate of drug-likeness (QED) is 0.726. The number of hydrogen-bond donors (Lipinski definition) is 1. The number of hydrogen-bond acceptors (Lipinski definition) is 3. The third kappa shape index (κ3) is 1.72. The third-order valence-electron chi connectivity index (χ3n) is 1.81. The molecule has 0 amide bonds. The minimum Gasteiger partial charge on any atom is -0.383 e. The van der Waals surface area contributed by atoms with Crippen LogP contribution in [0.4, 0.5) is 5.82 Å². The van der Waals surface area contributed by atoms with Gasteiger partial charge in [-0.1, -0.05) is 20.8 Å². The summed E-state index contributed by atoms with van der Waals surface area (Å²) >= 11 is 0. The SMILES string of the molecule is CCc1cnc(C(C)C)nc1N. The van der Waals surface area contributed by atoms with Crippen LogP contribution in [0.25, 0.3) is 0 Å². The zero-order chi connectivity index (χ0) is 9.14. The summed E-state index contributed by atoms with van der Waals surface area (Å²) in [7, 11) is 0. The van der Waals surface area contributed by atoms with Crippen LogP contribution < -0.4 is 5.73 Å². The van der Waals surface area contributed by atoms with Crippen molar-refractivity contribution in [3.63, 3.8) is 0 Å². The predicted octanol–water partition coefficient (Wildman–Crippen LogP) is 1.74. The minimum absolute atomic E-state index is 0.346. The number of nitrogen functional groups attached to an aromatic ring is 1. The van der Waals surface area contributed by atoms with Crippen LogP contribution in [0.15, 0.2) is 6.20 Å². The maximum absolute atomic E-state index is 5.72. The Hall–Kier alpha value is -1.12. The molecule has 12 heavy (non-hydrogen) atoms.